The van der Waals surface area contributed by atoms with Gasteiger partial charge in [0.05, 0.1) is 11.5 Å². The molecule has 1 aliphatic heterocycles. The summed E-state index contributed by atoms with van der Waals surface area (Å²) in [6.45, 7) is 3.13. The third-order valence-corrected chi connectivity index (χ3v) is 3.57. The Balaban J connectivity index is 2.07. The molecule has 2 rings (SSSR count). The van der Waals surface area contributed by atoms with E-state index in [1.165, 1.54) is 0 Å². The zero-order chi connectivity index (χ0) is 13.2. The van der Waals surface area contributed by atoms with Gasteiger partial charge in [0, 0.05) is 13.1 Å². The Hall–Kier alpha value is -1.60. The monoisotopic (exact) mass is 263 g/mol. The first-order chi connectivity index (χ1) is 8.54. The molecule has 4 nitrogen and oxygen atoms in total. The summed E-state index contributed by atoms with van der Waals surface area (Å²) in [4.78, 5) is 17.9. The lowest BCUT2D eigenvalue weighted by molar-refractivity contribution is 0.0656. The van der Waals surface area contributed by atoms with Crippen molar-refractivity contribution in [3.63, 3.8) is 0 Å². The Bertz CT molecular complexity index is 501. The maximum atomic E-state index is 12.2. The molecular formula is C13H14ClN3O. The van der Waals surface area contributed by atoms with Crippen molar-refractivity contribution in [3.05, 3.63) is 29.0 Å². The Morgan fingerprint density at radius 1 is 1.50 bits per heavy atom. The van der Waals surface area contributed by atoms with Crippen LogP contribution in [0.1, 0.15) is 30.3 Å². The minimum Gasteiger partial charge on any atom is -0.337 e. The van der Waals surface area contributed by atoms with Gasteiger partial charge in [0.1, 0.15) is 10.8 Å². The molecule has 0 atom stereocenters. The first-order valence-electron chi connectivity index (χ1n) is 5.87. The molecular weight excluding hydrogens is 250 g/mol. The Morgan fingerprint density at radius 2 is 2.17 bits per heavy atom. The molecule has 1 amide bonds. The highest BCUT2D eigenvalue weighted by molar-refractivity contribution is 6.29. The van der Waals surface area contributed by atoms with Crippen molar-refractivity contribution in [2.75, 3.05) is 13.1 Å². The third kappa shape index (κ3) is 2.62. The predicted octanol–water partition coefficient (Wildman–Crippen LogP) is 2.50. The van der Waals surface area contributed by atoms with Gasteiger partial charge < -0.3 is 4.90 Å². The second-order valence-electron chi connectivity index (χ2n) is 4.81. The van der Waals surface area contributed by atoms with Gasteiger partial charge in [-0.1, -0.05) is 17.7 Å². The van der Waals surface area contributed by atoms with Gasteiger partial charge in [-0.25, -0.2) is 4.98 Å². The molecule has 5 heteroatoms. The largest absolute Gasteiger partial charge is 0.337 e. The number of pyridine rings is 1. The molecule has 1 aromatic heterocycles. The van der Waals surface area contributed by atoms with Crippen LogP contribution in [0.5, 0.6) is 0 Å². The number of nitrogens with zero attached hydrogens (tertiary/aromatic N) is 3. The maximum absolute atomic E-state index is 12.2. The number of nitriles is 1. The lowest BCUT2D eigenvalue weighted by Gasteiger charge is -2.34. The fourth-order valence-electron chi connectivity index (χ4n) is 2.00. The first-order valence-corrected chi connectivity index (χ1v) is 6.25. The SMILES string of the molecule is CC1(C#N)CCN(C(=O)c2cccc(Cl)n2)CC1. The number of halogens is 1. The lowest BCUT2D eigenvalue weighted by atomic mass is 9.82. The summed E-state index contributed by atoms with van der Waals surface area (Å²) in [5, 5.41) is 9.36. The van der Waals surface area contributed by atoms with E-state index in [0.717, 1.165) is 0 Å². The quantitative estimate of drug-likeness (QED) is 0.732. The van der Waals surface area contributed by atoms with Crippen LogP contribution in [0.4, 0.5) is 0 Å². The highest BCUT2D eigenvalue weighted by Gasteiger charge is 2.32. The number of piperidine rings is 1. The Kier molecular flexibility index (Phi) is 3.53. The summed E-state index contributed by atoms with van der Waals surface area (Å²) in [5.41, 5.74) is 0.0569. The summed E-state index contributed by atoms with van der Waals surface area (Å²) in [6.07, 6.45) is 1.41. The van der Waals surface area contributed by atoms with Crippen molar-refractivity contribution in [1.82, 2.24) is 9.88 Å². The number of carbonyl (C=O) groups excluding carboxylic acids is 1. The highest BCUT2D eigenvalue weighted by atomic mass is 35.5. The van der Waals surface area contributed by atoms with Gasteiger partial charge in [0.15, 0.2) is 0 Å². The molecule has 1 saturated heterocycles. The zero-order valence-corrected chi connectivity index (χ0v) is 10.9. The molecule has 0 unspecified atom stereocenters. The van der Waals surface area contributed by atoms with Gasteiger partial charge >= 0.3 is 0 Å². The second kappa shape index (κ2) is 4.95. The topological polar surface area (TPSA) is 57.0 Å². The van der Waals surface area contributed by atoms with Crippen LogP contribution in [-0.4, -0.2) is 28.9 Å². The first kappa shape index (κ1) is 12.8. The standard InChI is InChI=1S/C13H14ClN3O/c1-13(9-15)5-7-17(8-6-13)12(18)10-3-2-4-11(14)16-10/h2-4H,5-8H2,1H3. The van der Waals surface area contributed by atoms with Crippen molar-refractivity contribution in [2.24, 2.45) is 5.41 Å². The fraction of sp³-hybridized carbons (Fsp3) is 0.462. The number of aromatic nitrogens is 1. The number of carbonyl (C=O) groups is 1. The minimum atomic E-state index is -0.307. The minimum absolute atomic E-state index is 0.113. The van der Waals surface area contributed by atoms with Gasteiger partial charge in [-0.3, -0.25) is 4.79 Å². The van der Waals surface area contributed by atoms with Crippen LogP contribution in [0.15, 0.2) is 18.2 Å². The van der Waals surface area contributed by atoms with Crippen LogP contribution in [-0.2, 0) is 0 Å². The van der Waals surface area contributed by atoms with Gasteiger partial charge in [-0.2, -0.15) is 5.26 Å². The maximum Gasteiger partial charge on any atom is 0.272 e. The second-order valence-corrected chi connectivity index (χ2v) is 5.20. The molecule has 1 fully saturated rings. The molecule has 0 bridgehead atoms. The predicted molar refractivity (Wildman–Crippen MR) is 68.1 cm³/mol. The van der Waals surface area contributed by atoms with E-state index < -0.39 is 0 Å². The van der Waals surface area contributed by atoms with E-state index in [1.807, 2.05) is 6.92 Å². The zero-order valence-electron chi connectivity index (χ0n) is 10.2. The third-order valence-electron chi connectivity index (χ3n) is 3.36. The molecule has 0 N–H and O–H groups in total. The average molecular weight is 264 g/mol. The van der Waals surface area contributed by atoms with Crippen LogP contribution in [0.3, 0.4) is 0 Å². The number of amides is 1. The molecule has 1 aromatic rings. The van der Waals surface area contributed by atoms with Crippen molar-refractivity contribution < 1.29 is 4.79 Å². The molecule has 0 saturated carbocycles. The lowest BCUT2D eigenvalue weighted by Crippen LogP contribution is -2.41. The summed E-state index contributed by atoms with van der Waals surface area (Å²) >= 11 is 5.77. The summed E-state index contributed by atoms with van der Waals surface area (Å²) < 4.78 is 0. The van der Waals surface area contributed by atoms with Gasteiger partial charge in [-0.15, -0.1) is 0 Å². The molecule has 0 aliphatic carbocycles. The van der Waals surface area contributed by atoms with E-state index in [0.29, 0.717) is 36.8 Å². The van der Waals surface area contributed by atoms with Crippen molar-refractivity contribution in [1.29, 1.82) is 5.26 Å². The molecule has 0 spiro atoms. The summed E-state index contributed by atoms with van der Waals surface area (Å²) in [5.74, 6) is -0.113. The van der Waals surface area contributed by atoms with Gasteiger partial charge in [-0.05, 0) is 31.9 Å². The number of likely N-dealkylation sites (tertiary alicyclic amines) is 1. The Labute approximate surface area is 111 Å². The van der Waals surface area contributed by atoms with E-state index in [1.54, 1.807) is 23.1 Å². The molecule has 2 heterocycles. The highest BCUT2D eigenvalue weighted by Crippen LogP contribution is 2.30. The molecule has 1 aliphatic rings. The van der Waals surface area contributed by atoms with E-state index in [4.69, 9.17) is 16.9 Å². The smallest absolute Gasteiger partial charge is 0.272 e. The van der Waals surface area contributed by atoms with Crippen LogP contribution in [0, 0.1) is 16.7 Å². The number of hydrogen-bond acceptors (Lipinski definition) is 3. The molecule has 18 heavy (non-hydrogen) atoms. The average Bonchev–Trinajstić information content (AvgIpc) is 2.39. The van der Waals surface area contributed by atoms with Crippen molar-refractivity contribution >= 4 is 17.5 Å². The van der Waals surface area contributed by atoms with Crippen LogP contribution in [0.25, 0.3) is 0 Å². The van der Waals surface area contributed by atoms with Gasteiger partial charge in [0.25, 0.3) is 5.91 Å². The van der Waals surface area contributed by atoms with Gasteiger partial charge in [0.2, 0.25) is 0 Å². The van der Waals surface area contributed by atoms with Crippen LogP contribution >= 0.6 is 11.6 Å². The molecule has 94 valence electrons. The van der Waals surface area contributed by atoms with Crippen molar-refractivity contribution in [2.45, 2.75) is 19.8 Å². The Morgan fingerprint density at radius 3 is 2.72 bits per heavy atom. The van der Waals surface area contributed by atoms with Crippen molar-refractivity contribution in [3.8, 4) is 6.07 Å². The van der Waals surface area contributed by atoms with E-state index >= 15 is 0 Å². The van der Waals surface area contributed by atoms with E-state index in [9.17, 15) is 4.79 Å². The molecule has 0 aromatic carbocycles. The van der Waals surface area contributed by atoms with Crippen LogP contribution in [0.2, 0.25) is 5.15 Å². The van der Waals surface area contributed by atoms with E-state index in [-0.39, 0.29) is 11.3 Å². The van der Waals surface area contributed by atoms with E-state index in [2.05, 4.69) is 11.1 Å². The molecule has 0 radical (unpaired) electrons. The number of hydrogen-bond donors (Lipinski definition) is 0. The fourth-order valence-corrected chi connectivity index (χ4v) is 2.17. The summed E-state index contributed by atoms with van der Waals surface area (Å²) in [6, 6.07) is 7.33. The normalized spacial score (nSPS) is 18.2. The number of rotatable bonds is 1. The van der Waals surface area contributed by atoms with Crippen LogP contribution < -0.4 is 0 Å². The summed E-state index contributed by atoms with van der Waals surface area (Å²) in [7, 11) is 0.